The number of anilines is 1. The van der Waals surface area contributed by atoms with Crippen LogP contribution in [0.1, 0.15) is 65.7 Å². The van der Waals surface area contributed by atoms with Crippen LogP contribution >= 0.6 is 11.3 Å². The number of H-pyrrole nitrogens is 1. The molecule has 1 saturated heterocycles. The Bertz CT molecular complexity index is 2000. The van der Waals surface area contributed by atoms with Gasteiger partial charge in [-0.3, -0.25) is 19.7 Å². The Labute approximate surface area is 309 Å². The van der Waals surface area contributed by atoms with Crippen LogP contribution in [0.15, 0.2) is 53.9 Å². The van der Waals surface area contributed by atoms with E-state index in [2.05, 4.69) is 36.6 Å². The standard InChI is InChI=1S/C36H42N10O6S/c1-35(2,3)52-34(50)39-25-15-8-6-4-5-7-12-21-19-36(21,32(49)40-33-42-44-45-43-33)41-29(47)26-18-22(20-46(26)31(25)48)51-30-28(27-16-11-17-53-27)37-23-13-9-10-14-24(23)38-30/h7,9-14,16-17,21-22,25-26H,4-6,8,15,18-20H2,1-3H3,(H,39,50)(H,41,47)(H2,40,42,43,44,45,49)/b12-7-/t21-,22-,25+,26+,36-/m1/s1. The lowest BCUT2D eigenvalue weighted by molar-refractivity contribution is -0.141. The molecule has 3 aromatic heterocycles. The van der Waals surface area contributed by atoms with E-state index in [0.717, 1.165) is 24.1 Å². The Hall–Kier alpha value is -5.45. The van der Waals surface area contributed by atoms with Gasteiger partial charge in [-0.15, -0.1) is 11.3 Å². The van der Waals surface area contributed by atoms with Gasteiger partial charge in [0.05, 0.1) is 22.5 Å². The number of allylic oxidation sites excluding steroid dienone is 1. The third-order valence-electron chi connectivity index (χ3n) is 9.48. The van der Waals surface area contributed by atoms with Gasteiger partial charge in [-0.1, -0.05) is 48.3 Å². The van der Waals surface area contributed by atoms with Crippen molar-refractivity contribution in [3.63, 3.8) is 0 Å². The lowest BCUT2D eigenvalue weighted by Gasteiger charge is -2.30. The van der Waals surface area contributed by atoms with E-state index in [9.17, 15) is 19.2 Å². The number of nitrogens with one attached hydrogen (secondary N) is 4. The Morgan fingerprint density at radius 3 is 2.60 bits per heavy atom. The van der Waals surface area contributed by atoms with E-state index in [1.807, 2.05) is 53.9 Å². The van der Waals surface area contributed by atoms with Gasteiger partial charge >= 0.3 is 6.09 Å². The summed E-state index contributed by atoms with van der Waals surface area (Å²) in [5.74, 6) is -1.42. The molecule has 53 heavy (non-hydrogen) atoms. The van der Waals surface area contributed by atoms with Gasteiger partial charge < -0.3 is 25.0 Å². The number of amides is 4. The van der Waals surface area contributed by atoms with Crippen LogP contribution in [0.2, 0.25) is 0 Å². The lowest BCUT2D eigenvalue weighted by atomic mass is 10.0. The van der Waals surface area contributed by atoms with Crippen LogP contribution in [0.5, 0.6) is 5.88 Å². The van der Waals surface area contributed by atoms with Gasteiger partial charge in [-0.25, -0.2) is 19.9 Å². The summed E-state index contributed by atoms with van der Waals surface area (Å²) in [5, 5.41) is 23.7. The number of thiophene rings is 1. The predicted molar refractivity (Wildman–Crippen MR) is 195 cm³/mol. The normalized spacial score (nSPS) is 25.6. The third-order valence-corrected chi connectivity index (χ3v) is 10.4. The number of fused-ring (bicyclic) bond motifs is 3. The van der Waals surface area contributed by atoms with Crippen LogP contribution in [-0.4, -0.2) is 95.2 Å². The topological polar surface area (TPSA) is 206 Å². The largest absolute Gasteiger partial charge is 0.471 e. The summed E-state index contributed by atoms with van der Waals surface area (Å²) in [4.78, 5) is 67.7. The summed E-state index contributed by atoms with van der Waals surface area (Å²) in [6.07, 6.45) is 6.42. The Kier molecular flexibility index (Phi) is 10.1. The van der Waals surface area contributed by atoms with Gasteiger partial charge in [0.2, 0.25) is 23.6 Å². The summed E-state index contributed by atoms with van der Waals surface area (Å²) < 4.78 is 12.1. The smallest absolute Gasteiger partial charge is 0.408 e. The van der Waals surface area contributed by atoms with E-state index in [4.69, 9.17) is 19.4 Å². The number of tetrazole rings is 1. The van der Waals surface area contributed by atoms with Gasteiger partial charge in [0.1, 0.15) is 35.0 Å². The van der Waals surface area contributed by atoms with Crippen LogP contribution in [0.3, 0.4) is 0 Å². The lowest BCUT2D eigenvalue weighted by Crippen LogP contribution is -2.57. The Morgan fingerprint density at radius 2 is 1.87 bits per heavy atom. The predicted octanol–water partition coefficient (Wildman–Crippen LogP) is 4.15. The van der Waals surface area contributed by atoms with E-state index < -0.39 is 53.1 Å². The van der Waals surface area contributed by atoms with Crippen LogP contribution in [-0.2, 0) is 19.1 Å². The molecule has 3 aliphatic rings. The molecular weight excluding hydrogens is 701 g/mol. The van der Waals surface area contributed by atoms with Gasteiger partial charge in [0.25, 0.3) is 5.91 Å². The SMILES string of the molecule is CC(C)(C)OC(=O)N[C@H]1CCCCC/C=C\[C@@H]2C[C@@]2(C(=O)Nc2nnn[nH]2)NC(=O)[C@@H]2C[C@@H](Oc3nc4ccccc4nc3-c3cccs3)CN2C1=O. The molecule has 5 atom stereocenters. The van der Waals surface area contributed by atoms with Crippen molar-refractivity contribution in [1.82, 2.24) is 46.1 Å². The number of alkyl carbamates (subject to hydrolysis) is 1. The molecule has 1 aromatic carbocycles. The van der Waals surface area contributed by atoms with Crippen molar-refractivity contribution in [2.24, 2.45) is 5.92 Å². The molecule has 0 spiro atoms. The fourth-order valence-electron chi connectivity index (χ4n) is 6.84. The van der Waals surface area contributed by atoms with Crippen LogP contribution in [0.4, 0.5) is 10.7 Å². The molecule has 2 fully saturated rings. The number of rotatable bonds is 6. The first-order valence-corrected chi connectivity index (χ1v) is 18.7. The quantitative estimate of drug-likeness (QED) is 0.207. The van der Waals surface area contributed by atoms with Crippen molar-refractivity contribution in [3.8, 4) is 16.5 Å². The second kappa shape index (κ2) is 14.9. The molecule has 4 amide bonds. The first kappa shape index (κ1) is 35.9. The number of aromatic nitrogens is 6. The highest BCUT2D eigenvalue weighted by molar-refractivity contribution is 7.13. The average molecular weight is 743 g/mol. The fourth-order valence-corrected chi connectivity index (χ4v) is 7.55. The van der Waals surface area contributed by atoms with Gasteiger partial charge in [0, 0.05) is 12.3 Å². The Balaban J connectivity index is 1.21. The summed E-state index contributed by atoms with van der Waals surface area (Å²) in [6.45, 7) is 5.26. The van der Waals surface area contributed by atoms with Gasteiger partial charge in [0.15, 0.2) is 0 Å². The summed E-state index contributed by atoms with van der Waals surface area (Å²) in [7, 11) is 0. The molecule has 1 aliphatic carbocycles. The number of carbonyl (C=O) groups excluding carboxylic acids is 4. The molecule has 0 unspecified atom stereocenters. The summed E-state index contributed by atoms with van der Waals surface area (Å²) >= 11 is 1.49. The fraction of sp³-hybridized carbons (Fsp3) is 0.472. The first-order valence-electron chi connectivity index (χ1n) is 17.8. The summed E-state index contributed by atoms with van der Waals surface area (Å²) in [6, 6.07) is 9.31. The minimum atomic E-state index is -1.29. The number of ether oxygens (including phenoxy) is 2. The maximum Gasteiger partial charge on any atom is 0.408 e. The van der Waals surface area contributed by atoms with Crippen molar-refractivity contribution in [1.29, 1.82) is 0 Å². The second-order valence-corrected chi connectivity index (χ2v) is 15.5. The van der Waals surface area contributed by atoms with Crippen molar-refractivity contribution in [3.05, 3.63) is 53.9 Å². The van der Waals surface area contributed by atoms with Crippen molar-refractivity contribution >= 4 is 52.1 Å². The maximum absolute atomic E-state index is 14.5. The van der Waals surface area contributed by atoms with E-state index in [-0.39, 0.29) is 30.7 Å². The number of carbonyl (C=O) groups is 4. The number of hydrogen-bond donors (Lipinski definition) is 4. The molecule has 4 aromatic rings. The number of hydrogen-bond acceptors (Lipinski definition) is 12. The zero-order valence-electron chi connectivity index (χ0n) is 29.7. The number of nitrogens with zero attached hydrogens (tertiary/aromatic N) is 6. The molecule has 2 aliphatic heterocycles. The molecule has 7 rings (SSSR count). The highest BCUT2D eigenvalue weighted by Gasteiger charge is 2.61. The van der Waals surface area contributed by atoms with Crippen LogP contribution in [0.25, 0.3) is 21.6 Å². The highest BCUT2D eigenvalue weighted by atomic mass is 32.1. The molecule has 4 N–H and O–H groups in total. The molecule has 0 radical (unpaired) electrons. The maximum atomic E-state index is 14.5. The minimum Gasteiger partial charge on any atom is -0.471 e. The van der Waals surface area contributed by atoms with E-state index in [1.165, 1.54) is 16.2 Å². The van der Waals surface area contributed by atoms with Gasteiger partial charge in [-0.2, -0.15) is 0 Å². The van der Waals surface area contributed by atoms with E-state index >= 15 is 0 Å². The minimum absolute atomic E-state index is 0.0219. The molecule has 16 nitrogen and oxygen atoms in total. The monoisotopic (exact) mass is 742 g/mol. The molecule has 5 heterocycles. The molecule has 278 valence electrons. The number of para-hydroxylation sites is 2. The molecule has 17 heteroatoms. The van der Waals surface area contributed by atoms with Crippen LogP contribution in [0, 0.1) is 5.92 Å². The first-order chi connectivity index (χ1) is 25.5. The third kappa shape index (κ3) is 8.14. The van der Waals surface area contributed by atoms with Crippen molar-refractivity contribution in [2.75, 3.05) is 11.9 Å². The van der Waals surface area contributed by atoms with E-state index in [0.29, 0.717) is 36.0 Å². The van der Waals surface area contributed by atoms with Gasteiger partial charge in [-0.05, 0) is 80.5 Å². The highest BCUT2D eigenvalue weighted by Crippen LogP contribution is 2.46. The Morgan fingerprint density at radius 1 is 1.06 bits per heavy atom. The number of benzene rings is 1. The zero-order valence-corrected chi connectivity index (χ0v) is 30.5. The average Bonchev–Trinajstić information content (AvgIpc) is 3.62. The summed E-state index contributed by atoms with van der Waals surface area (Å²) in [5.41, 5.74) is -0.195. The molecule has 0 bridgehead atoms. The molecule has 1 saturated carbocycles. The van der Waals surface area contributed by atoms with Crippen molar-refractivity contribution < 1.29 is 28.7 Å². The zero-order chi connectivity index (χ0) is 37.2. The number of aromatic amines is 1. The molecular formula is C36H42N10O6S. The van der Waals surface area contributed by atoms with E-state index in [1.54, 1.807) is 20.8 Å². The van der Waals surface area contributed by atoms with Crippen LogP contribution < -0.4 is 20.7 Å². The van der Waals surface area contributed by atoms with Crippen molar-refractivity contribution in [2.45, 2.75) is 95.0 Å². The second-order valence-electron chi connectivity index (χ2n) is 14.6.